The fourth-order valence-corrected chi connectivity index (χ4v) is 3.70. The lowest BCUT2D eigenvalue weighted by Gasteiger charge is -2.16. The van der Waals surface area contributed by atoms with Crippen LogP contribution in [0.25, 0.3) is 11.2 Å². The minimum Gasteiger partial charge on any atom is -0.388 e. The molecule has 0 radical (unpaired) electrons. The zero-order valence-electron chi connectivity index (χ0n) is 17.6. The van der Waals surface area contributed by atoms with E-state index in [2.05, 4.69) is 20.6 Å². The summed E-state index contributed by atoms with van der Waals surface area (Å²) in [5.74, 6) is -0.484. The Hall–Kier alpha value is -2.73. The first kappa shape index (κ1) is 23.9. The molecule has 2 heterocycles. The summed E-state index contributed by atoms with van der Waals surface area (Å²) >= 11 is 5.94. The number of halogens is 2. The normalized spacial score (nSPS) is 11.2. The quantitative estimate of drug-likeness (QED) is 0.381. The van der Waals surface area contributed by atoms with Crippen LogP contribution in [0, 0.1) is 5.41 Å². The van der Waals surface area contributed by atoms with Crippen LogP contribution in [-0.2, 0) is 9.47 Å². The first-order valence-electron chi connectivity index (χ1n) is 9.46. The molecule has 12 heteroatoms. The van der Waals surface area contributed by atoms with Gasteiger partial charge in [0.1, 0.15) is 11.2 Å². The summed E-state index contributed by atoms with van der Waals surface area (Å²) in [7, 11) is 4.74. The molecule has 0 aliphatic rings. The third-order valence-corrected chi connectivity index (χ3v) is 5.29. The third kappa shape index (κ3) is 5.01. The Morgan fingerprint density at radius 2 is 2.03 bits per heavy atom. The molecule has 0 unspecified atom stereocenters. The highest BCUT2D eigenvalue weighted by molar-refractivity contribution is 7.92. The molecule has 0 aliphatic carbocycles. The van der Waals surface area contributed by atoms with Crippen molar-refractivity contribution in [1.82, 2.24) is 19.3 Å². The predicted octanol–water partition coefficient (Wildman–Crippen LogP) is 3.31. The number of amides is 1. The van der Waals surface area contributed by atoms with Crippen molar-refractivity contribution < 1.29 is 18.2 Å². The highest BCUT2D eigenvalue weighted by Crippen LogP contribution is 2.26. The van der Waals surface area contributed by atoms with Gasteiger partial charge in [-0.05, 0) is 18.2 Å². The van der Waals surface area contributed by atoms with Crippen LogP contribution in [0.1, 0.15) is 21.6 Å². The third-order valence-electron chi connectivity index (χ3n) is 4.63. The van der Waals surface area contributed by atoms with E-state index in [-0.39, 0.29) is 53.7 Å². The number of hydrogen-bond donors (Lipinski definition) is 3. The number of nitrogens with one attached hydrogen (secondary N) is 3. The van der Waals surface area contributed by atoms with Gasteiger partial charge >= 0.3 is 0 Å². The molecule has 1 aromatic carbocycles. The Bertz CT molecular complexity index is 1140. The van der Waals surface area contributed by atoms with Gasteiger partial charge in [0.25, 0.3) is 5.91 Å². The maximum absolute atomic E-state index is 13.5. The van der Waals surface area contributed by atoms with Gasteiger partial charge < -0.3 is 20.1 Å². The summed E-state index contributed by atoms with van der Waals surface area (Å²) in [6, 6.07) is 4.64. The van der Waals surface area contributed by atoms with Gasteiger partial charge in [-0.15, -0.1) is 3.89 Å². The maximum Gasteiger partial charge on any atom is 0.255 e. The molecule has 170 valence electrons. The number of carbonyl (C=O) groups excluding carboxylic acids is 1. The minimum absolute atomic E-state index is 0.0732. The van der Waals surface area contributed by atoms with E-state index in [1.807, 2.05) is 0 Å². The average molecular weight is 481 g/mol. The number of rotatable bonds is 10. The van der Waals surface area contributed by atoms with E-state index in [1.54, 1.807) is 25.2 Å². The van der Waals surface area contributed by atoms with Gasteiger partial charge in [-0.2, -0.15) is 0 Å². The van der Waals surface area contributed by atoms with Gasteiger partial charge in [-0.1, -0.05) is 11.6 Å². The van der Waals surface area contributed by atoms with Crippen molar-refractivity contribution in [2.75, 3.05) is 39.8 Å². The number of carbonyl (C=O) groups is 1. The van der Waals surface area contributed by atoms with Crippen LogP contribution in [0.3, 0.4) is 0 Å². The number of ether oxygens (including phenoxy) is 2. The van der Waals surface area contributed by atoms with E-state index in [0.717, 1.165) is 3.97 Å². The molecule has 3 rings (SSSR count). The lowest BCUT2D eigenvalue weighted by atomic mass is 10.1. The molecule has 3 aromatic rings. The fourth-order valence-electron chi connectivity index (χ4n) is 3.18. The Labute approximate surface area is 193 Å². The largest absolute Gasteiger partial charge is 0.388 e. The maximum atomic E-state index is 13.5. The number of aromatic nitrogens is 3. The topological polar surface area (TPSA) is 114 Å². The summed E-state index contributed by atoms with van der Waals surface area (Å²) in [5.41, 5.74) is 1.94. The first-order valence-corrected chi connectivity index (χ1v) is 10.5. The van der Waals surface area contributed by atoms with Gasteiger partial charge in [-0.25, -0.2) is 13.9 Å². The second kappa shape index (κ2) is 10.7. The van der Waals surface area contributed by atoms with Crippen LogP contribution in [0.5, 0.6) is 0 Å². The molecule has 0 aliphatic heterocycles. The number of fused-ring (bicyclic) bond motifs is 1. The van der Waals surface area contributed by atoms with Crippen molar-refractivity contribution >= 4 is 52.4 Å². The monoisotopic (exact) mass is 480 g/mol. The zero-order chi connectivity index (χ0) is 23.3. The standard InChI is InChI=1S/C20H22ClFN6O3S/c1-24-15-6-11(21)4-5-13(15)17(23)16-7-25-19-18(27-16)14(8-28(19)32-22)20(29)26-12(9-30-2)10-31-3/h4-8,12,23-24H,9-10H2,1-3H3,(H,26,29). The molecule has 9 nitrogen and oxygen atoms in total. The summed E-state index contributed by atoms with van der Waals surface area (Å²) in [5, 5.41) is 14.9. The van der Waals surface area contributed by atoms with Crippen molar-refractivity contribution in [3.05, 3.63) is 52.4 Å². The highest BCUT2D eigenvalue weighted by atomic mass is 35.5. The SMILES string of the molecule is CNc1cc(Cl)ccc1C(=N)c1cnc2c(n1)c(C(=O)NC(COC)COC)cn2SF. The van der Waals surface area contributed by atoms with E-state index in [1.165, 1.54) is 26.6 Å². The lowest BCUT2D eigenvalue weighted by molar-refractivity contribution is 0.0780. The molecule has 3 N–H and O–H groups in total. The van der Waals surface area contributed by atoms with Gasteiger partial charge in [0.05, 0.1) is 36.7 Å². The van der Waals surface area contributed by atoms with Crippen molar-refractivity contribution in [3.63, 3.8) is 0 Å². The molecular formula is C20H22ClFN6O3S. The highest BCUT2D eigenvalue weighted by Gasteiger charge is 2.22. The molecule has 0 saturated heterocycles. The van der Waals surface area contributed by atoms with E-state index in [0.29, 0.717) is 16.3 Å². The van der Waals surface area contributed by atoms with Gasteiger partial charge in [0.15, 0.2) is 18.0 Å². The molecule has 32 heavy (non-hydrogen) atoms. The summed E-state index contributed by atoms with van der Waals surface area (Å²) < 4.78 is 24.8. The molecule has 0 bridgehead atoms. The number of benzene rings is 1. The predicted molar refractivity (Wildman–Crippen MR) is 124 cm³/mol. The van der Waals surface area contributed by atoms with Gasteiger partial charge in [-0.3, -0.25) is 10.2 Å². The number of hydrogen-bond acceptors (Lipinski definition) is 8. The fraction of sp³-hybridized carbons (Fsp3) is 0.300. The van der Waals surface area contributed by atoms with Crippen LogP contribution in [0.4, 0.5) is 9.57 Å². The summed E-state index contributed by atoms with van der Waals surface area (Å²) in [6.45, 7) is 0.474. The molecule has 0 atom stereocenters. The molecule has 1 amide bonds. The first-order chi connectivity index (χ1) is 15.4. The summed E-state index contributed by atoms with van der Waals surface area (Å²) in [4.78, 5) is 21.6. The van der Waals surface area contributed by atoms with E-state index in [4.69, 9.17) is 26.5 Å². The van der Waals surface area contributed by atoms with Crippen LogP contribution < -0.4 is 10.6 Å². The van der Waals surface area contributed by atoms with Crippen LogP contribution >= 0.6 is 23.9 Å². The molecule has 0 spiro atoms. The van der Waals surface area contributed by atoms with E-state index < -0.39 is 11.9 Å². The van der Waals surface area contributed by atoms with Crippen LogP contribution in [0.15, 0.2) is 30.6 Å². The van der Waals surface area contributed by atoms with Crippen molar-refractivity contribution in [2.45, 2.75) is 6.04 Å². The van der Waals surface area contributed by atoms with Gasteiger partial charge in [0.2, 0.25) is 0 Å². The van der Waals surface area contributed by atoms with Crippen LogP contribution in [0.2, 0.25) is 5.02 Å². The average Bonchev–Trinajstić information content (AvgIpc) is 3.17. The second-order valence-electron chi connectivity index (χ2n) is 6.76. The van der Waals surface area contributed by atoms with Crippen LogP contribution in [-0.4, -0.2) is 66.1 Å². The van der Waals surface area contributed by atoms with E-state index in [9.17, 15) is 8.68 Å². The van der Waals surface area contributed by atoms with Crippen molar-refractivity contribution in [3.8, 4) is 0 Å². The van der Waals surface area contributed by atoms with E-state index >= 15 is 0 Å². The zero-order valence-corrected chi connectivity index (χ0v) is 19.2. The van der Waals surface area contributed by atoms with Crippen molar-refractivity contribution in [2.24, 2.45) is 0 Å². The van der Waals surface area contributed by atoms with Crippen molar-refractivity contribution in [1.29, 1.82) is 5.41 Å². The van der Waals surface area contributed by atoms with Gasteiger partial charge in [0, 0.05) is 43.7 Å². The number of methoxy groups -OCH3 is 2. The molecule has 0 saturated carbocycles. The second-order valence-corrected chi connectivity index (χ2v) is 7.73. The lowest BCUT2D eigenvalue weighted by Crippen LogP contribution is -2.41. The smallest absolute Gasteiger partial charge is 0.255 e. The molecule has 0 fully saturated rings. The Morgan fingerprint density at radius 1 is 1.31 bits per heavy atom. The Balaban J connectivity index is 2.02. The number of nitrogens with zero attached hydrogens (tertiary/aromatic N) is 3. The Kier molecular flexibility index (Phi) is 8.02. The minimum atomic E-state index is -0.484. The number of anilines is 1. The Morgan fingerprint density at radius 3 is 2.66 bits per heavy atom. The molecular weight excluding hydrogens is 459 g/mol. The molecule has 2 aromatic heterocycles. The summed E-state index contributed by atoms with van der Waals surface area (Å²) in [6.07, 6.45) is 2.68.